The zero-order valence-electron chi connectivity index (χ0n) is 13.7. The zero-order chi connectivity index (χ0) is 16.2. The van der Waals surface area contributed by atoms with Gasteiger partial charge in [0, 0.05) is 30.4 Å². The van der Waals surface area contributed by atoms with E-state index in [1.807, 2.05) is 18.2 Å². The molecule has 122 valence electrons. The second-order valence-corrected chi connectivity index (χ2v) is 5.44. The van der Waals surface area contributed by atoms with Crippen LogP contribution in [0.5, 0.6) is 17.4 Å². The smallest absolute Gasteiger partial charge is 0.229 e. The molecular weight excluding hydrogens is 294 g/mol. The minimum atomic E-state index is 0.456. The average Bonchev–Trinajstić information content (AvgIpc) is 3.44. The summed E-state index contributed by atoms with van der Waals surface area (Å²) in [6.07, 6.45) is 4.01. The van der Waals surface area contributed by atoms with Gasteiger partial charge in [0.1, 0.15) is 11.5 Å². The van der Waals surface area contributed by atoms with Gasteiger partial charge in [0.15, 0.2) is 0 Å². The van der Waals surface area contributed by atoms with E-state index in [4.69, 9.17) is 14.2 Å². The summed E-state index contributed by atoms with van der Waals surface area (Å²) in [4.78, 5) is 11.1. The first-order valence-corrected chi connectivity index (χ1v) is 7.59. The van der Waals surface area contributed by atoms with Crippen molar-refractivity contribution in [3.05, 3.63) is 36.0 Å². The predicted octanol–water partition coefficient (Wildman–Crippen LogP) is 2.67. The molecule has 1 aromatic carbocycles. The molecule has 0 radical (unpaired) electrons. The van der Waals surface area contributed by atoms with Gasteiger partial charge in [-0.05, 0) is 31.0 Å². The lowest BCUT2D eigenvalue weighted by Crippen LogP contribution is -2.27. The molecule has 0 unspecified atom stereocenters. The normalized spacial score (nSPS) is 13.5. The van der Waals surface area contributed by atoms with Gasteiger partial charge in [-0.25, -0.2) is 4.98 Å². The molecule has 0 spiro atoms. The molecule has 1 aromatic heterocycles. The fourth-order valence-electron chi connectivity index (χ4n) is 2.52. The van der Waals surface area contributed by atoms with Crippen molar-refractivity contribution < 1.29 is 14.2 Å². The molecule has 1 aliphatic carbocycles. The van der Waals surface area contributed by atoms with Crippen molar-refractivity contribution in [3.63, 3.8) is 0 Å². The maximum Gasteiger partial charge on any atom is 0.229 e. The standard InChI is InChI=1S/C17H21N3O3/c1-21-14-6-7-15(22-2)12(10-14)11-20(13-4-5-13)17-18-9-8-16(19-17)23-3/h6-10,13H,4-5,11H2,1-3H3. The van der Waals surface area contributed by atoms with Crippen LogP contribution in [0.4, 0.5) is 5.95 Å². The molecule has 23 heavy (non-hydrogen) atoms. The molecule has 6 nitrogen and oxygen atoms in total. The summed E-state index contributed by atoms with van der Waals surface area (Å²) in [5.41, 5.74) is 1.05. The van der Waals surface area contributed by atoms with E-state index < -0.39 is 0 Å². The van der Waals surface area contributed by atoms with E-state index in [1.54, 1.807) is 33.6 Å². The van der Waals surface area contributed by atoms with Gasteiger partial charge >= 0.3 is 0 Å². The number of hydrogen-bond acceptors (Lipinski definition) is 6. The van der Waals surface area contributed by atoms with E-state index in [9.17, 15) is 0 Å². The first-order chi connectivity index (χ1) is 11.2. The Morgan fingerprint density at radius 2 is 1.91 bits per heavy atom. The maximum absolute atomic E-state index is 5.48. The molecule has 0 atom stereocenters. The second-order valence-electron chi connectivity index (χ2n) is 5.44. The minimum absolute atomic E-state index is 0.456. The predicted molar refractivity (Wildman–Crippen MR) is 87.3 cm³/mol. The van der Waals surface area contributed by atoms with Crippen LogP contribution < -0.4 is 19.1 Å². The van der Waals surface area contributed by atoms with Gasteiger partial charge in [0.05, 0.1) is 21.3 Å². The molecule has 1 heterocycles. The van der Waals surface area contributed by atoms with E-state index >= 15 is 0 Å². The molecule has 2 aromatic rings. The van der Waals surface area contributed by atoms with Crippen molar-refractivity contribution in [1.82, 2.24) is 9.97 Å². The van der Waals surface area contributed by atoms with Gasteiger partial charge in [-0.15, -0.1) is 0 Å². The molecule has 0 N–H and O–H groups in total. The Morgan fingerprint density at radius 1 is 1.09 bits per heavy atom. The zero-order valence-corrected chi connectivity index (χ0v) is 13.7. The van der Waals surface area contributed by atoms with E-state index in [-0.39, 0.29) is 0 Å². The van der Waals surface area contributed by atoms with Crippen LogP contribution in [0, 0.1) is 0 Å². The van der Waals surface area contributed by atoms with Crippen molar-refractivity contribution in [2.24, 2.45) is 0 Å². The van der Waals surface area contributed by atoms with Crippen molar-refractivity contribution in [2.45, 2.75) is 25.4 Å². The third kappa shape index (κ3) is 3.47. The lowest BCUT2D eigenvalue weighted by atomic mass is 10.1. The Kier molecular flexibility index (Phi) is 4.50. The Bertz CT molecular complexity index is 674. The Morgan fingerprint density at radius 3 is 2.57 bits per heavy atom. The SMILES string of the molecule is COc1ccc(OC)c(CN(c2nccc(OC)n2)C2CC2)c1. The monoisotopic (exact) mass is 315 g/mol. The van der Waals surface area contributed by atoms with E-state index in [2.05, 4.69) is 14.9 Å². The maximum atomic E-state index is 5.48. The number of aromatic nitrogens is 2. The van der Waals surface area contributed by atoms with Crippen LogP contribution in [0.1, 0.15) is 18.4 Å². The summed E-state index contributed by atoms with van der Waals surface area (Å²) < 4.78 is 16.0. The summed E-state index contributed by atoms with van der Waals surface area (Å²) in [6, 6.07) is 8.02. The summed E-state index contributed by atoms with van der Waals surface area (Å²) in [5.74, 6) is 2.89. The van der Waals surface area contributed by atoms with E-state index in [1.165, 1.54) is 0 Å². The highest BCUT2D eigenvalue weighted by molar-refractivity contribution is 5.45. The summed E-state index contributed by atoms with van der Waals surface area (Å²) in [7, 11) is 4.95. The second kappa shape index (κ2) is 6.73. The molecule has 0 bridgehead atoms. The van der Waals surface area contributed by atoms with E-state index in [0.717, 1.165) is 29.9 Å². The van der Waals surface area contributed by atoms with Crippen LogP contribution in [-0.4, -0.2) is 37.3 Å². The lowest BCUT2D eigenvalue weighted by Gasteiger charge is -2.23. The van der Waals surface area contributed by atoms with Crippen molar-refractivity contribution >= 4 is 5.95 Å². The van der Waals surface area contributed by atoms with Crippen molar-refractivity contribution in [2.75, 3.05) is 26.2 Å². The summed E-state index contributed by atoms with van der Waals surface area (Å²) >= 11 is 0. The molecule has 0 saturated heterocycles. The van der Waals surface area contributed by atoms with Crippen molar-refractivity contribution in [1.29, 1.82) is 0 Å². The van der Waals surface area contributed by atoms with Gasteiger partial charge in [0.2, 0.25) is 11.8 Å². The van der Waals surface area contributed by atoms with Gasteiger partial charge in [0.25, 0.3) is 0 Å². The molecule has 1 saturated carbocycles. The summed E-state index contributed by atoms with van der Waals surface area (Å²) in [6.45, 7) is 0.665. The minimum Gasteiger partial charge on any atom is -0.497 e. The lowest BCUT2D eigenvalue weighted by molar-refractivity contribution is 0.395. The molecule has 1 fully saturated rings. The number of benzene rings is 1. The highest BCUT2D eigenvalue weighted by Crippen LogP contribution is 2.34. The first-order valence-electron chi connectivity index (χ1n) is 7.59. The topological polar surface area (TPSA) is 56.7 Å². The van der Waals surface area contributed by atoms with Crippen LogP contribution in [-0.2, 0) is 6.54 Å². The largest absolute Gasteiger partial charge is 0.497 e. The highest BCUT2D eigenvalue weighted by atomic mass is 16.5. The number of ether oxygens (including phenoxy) is 3. The summed E-state index contributed by atoms with van der Waals surface area (Å²) in [5, 5.41) is 0. The van der Waals surface area contributed by atoms with Gasteiger partial charge in [-0.3, -0.25) is 0 Å². The van der Waals surface area contributed by atoms with Crippen LogP contribution in [0.25, 0.3) is 0 Å². The third-order valence-electron chi connectivity index (χ3n) is 3.90. The molecule has 1 aliphatic rings. The van der Waals surface area contributed by atoms with Crippen LogP contribution in [0.2, 0.25) is 0 Å². The fourth-order valence-corrected chi connectivity index (χ4v) is 2.52. The number of hydrogen-bond donors (Lipinski definition) is 0. The van der Waals surface area contributed by atoms with Crippen LogP contribution in [0.15, 0.2) is 30.5 Å². The van der Waals surface area contributed by atoms with Crippen LogP contribution >= 0.6 is 0 Å². The highest BCUT2D eigenvalue weighted by Gasteiger charge is 2.31. The fraction of sp³-hybridized carbons (Fsp3) is 0.412. The average molecular weight is 315 g/mol. The van der Waals surface area contributed by atoms with Gasteiger partial charge in [-0.2, -0.15) is 4.98 Å². The number of anilines is 1. The molecular formula is C17H21N3O3. The Hall–Kier alpha value is -2.50. The number of nitrogens with zero attached hydrogens (tertiary/aromatic N) is 3. The molecule has 0 amide bonds. The van der Waals surface area contributed by atoms with E-state index in [0.29, 0.717) is 24.4 Å². The third-order valence-corrected chi connectivity index (χ3v) is 3.90. The number of rotatable bonds is 7. The van der Waals surface area contributed by atoms with Crippen molar-refractivity contribution in [3.8, 4) is 17.4 Å². The quantitative estimate of drug-likeness (QED) is 0.783. The van der Waals surface area contributed by atoms with Gasteiger partial charge in [-0.1, -0.05) is 0 Å². The first kappa shape index (κ1) is 15.4. The molecule has 6 heteroatoms. The molecule has 3 rings (SSSR count). The Balaban J connectivity index is 1.91. The Labute approximate surface area is 136 Å². The van der Waals surface area contributed by atoms with Crippen LogP contribution in [0.3, 0.4) is 0 Å². The number of methoxy groups -OCH3 is 3. The molecule has 0 aliphatic heterocycles. The van der Waals surface area contributed by atoms with Gasteiger partial charge < -0.3 is 19.1 Å².